The van der Waals surface area contributed by atoms with Crippen LogP contribution in [0.25, 0.3) is 0 Å². The molecule has 0 rings (SSSR count). The topological polar surface area (TPSA) is 101 Å². The van der Waals surface area contributed by atoms with Gasteiger partial charge in [-0.05, 0) is 0 Å². The van der Waals surface area contributed by atoms with Crippen LogP contribution in [0.1, 0.15) is 0 Å². The molecule has 0 aliphatic carbocycles. The van der Waals surface area contributed by atoms with Crippen LogP contribution in [0.4, 0.5) is 0 Å². The summed E-state index contributed by atoms with van der Waals surface area (Å²) in [5.41, 5.74) is 0. The Morgan fingerprint density at radius 1 is 1.00 bits per heavy atom. The second-order valence-electron chi connectivity index (χ2n) is 0.289. The molecule has 0 heterocycles. The molecule has 0 fully saturated rings. The van der Waals surface area contributed by atoms with Crippen LogP contribution in [0, 0.1) is 0 Å². The zero-order valence-corrected chi connectivity index (χ0v) is 5.72. The molecule has 0 aromatic carbocycles. The number of hydrogen-bond acceptors (Lipinski definition) is 3. The van der Waals surface area contributed by atoms with E-state index in [2.05, 4.69) is 0 Å². The van der Waals surface area contributed by atoms with Gasteiger partial charge in [-0.2, -0.15) is 0 Å². The van der Waals surface area contributed by atoms with Gasteiger partial charge in [-0.1, -0.05) is 0 Å². The zero-order chi connectivity index (χ0) is 3.58. The van der Waals surface area contributed by atoms with Crippen molar-refractivity contribution in [1.82, 2.24) is 0 Å². The molecule has 0 bridgehead atoms. The summed E-state index contributed by atoms with van der Waals surface area (Å²) < 4.78 is 0. The maximum absolute atomic E-state index is 8.42. The van der Waals surface area contributed by atoms with Crippen molar-refractivity contribution in [2.24, 2.45) is 0 Å². The second kappa shape index (κ2) is 9.38. The first kappa shape index (κ1) is 15.7. The Bertz CT molecular complexity index is 12.3. The van der Waals surface area contributed by atoms with Gasteiger partial charge in [0, 0.05) is 0 Å². The molecule has 0 saturated carbocycles. The third-order valence-electron chi connectivity index (χ3n) is 0. The van der Waals surface area contributed by atoms with Gasteiger partial charge in [-0.3, -0.25) is 7.32 Å². The molecular formula is H2BO4Y. The summed E-state index contributed by atoms with van der Waals surface area (Å²) in [6, 6.07) is 0. The van der Waals surface area contributed by atoms with Crippen LogP contribution in [0.2, 0.25) is 0 Å². The molecule has 0 atom stereocenters. The quantitative estimate of drug-likeness (QED) is 0.337. The molecule has 0 amide bonds. The summed E-state index contributed by atoms with van der Waals surface area (Å²) in [6.07, 6.45) is 0. The first-order valence-electron chi connectivity index (χ1n) is 0.707. The first-order valence-corrected chi connectivity index (χ1v) is 0.707. The van der Waals surface area contributed by atoms with E-state index < -0.39 is 7.32 Å². The molecule has 4 nitrogen and oxygen atoms in total. The van der Waals surface area contributed by atoms with E-state index in [0.29, 0.717) is 0 Å². The van der Waals surface area contributed by atoms with Crippen molar-refractivity contribution in [3.8, 4) is 0 Å². The molecule has 6 heteroatoms. The van der Waals surface area contributed by atoms with Crippen LogP contribution in [0.3, 0.4) is 0 Å². The van der Waals surface area contributed by atoms with Crippen LogP contribution in [-0.4, -0.2) is 12.8 Å². The predicted molar refractivity (Wildman–Crippen MR) is 9.37 cm³/mol. The summed E-state index contributed by atoms with van der Waals surface area (Å²) in [4.78, 5) is 0. The van der Waals surface area contributed by atoms with Gasteiger partial charge < -0.3 is 20.5 Å². The molecule has 0 aromatic heterocycles. The van der Waals surface area contributed by atoms with Crippen molar-refractivity contribution in [1.29, 1.82) is 0 Å². The van der Waals surface area contributed by atoms with Crippen LogP contribution >= 0.6 is 0 Å². The van der Waals surface area contributed by atoms with Gasteiger partial charge in [-0.25, -0.2) is 0 Å². The Morgan fingerprint density at radius 2 is 1.00 bits per heavy atom. The number of hydrogen-bond donors (Lipinski definition) is 0. The molecule has 32 valence electrons. The molecule has 0 radical (unpaired) electrons. The summed E-state index contributed by atoms with van der Waals surface area (Å²) in [6.45, 7) is 0. The van der Waals surface area contributed by atoms with Gasteiger partial charge in [0.1, 0.15) is 0 Å². The van der Waals surface area contributed by atoms with Gasteiger partial charge >= 0.3 is 32.7 Å². The fraction of sp³-hybridized carbons (Fsp3) is 0. The summed E-state index contributed by atoms with van der Waals surface area (Å²) in [5.74, 6) is 0. The standard InChI is InChI=1S/BO3.H2O.Y/c2-1(3)4;;/h;1H2;/q-3;;+3. The van der Waals surface area contributed by atoms with Crippen molar-refractivity contribution in [2.45, 2.75) is 0 Å². The third-order valence-corrected chi connectivity index (χ3v) is 0. The van der Waals surface area contributed by atoms with Gasteiger partial charge in [0.05, 0.1) is 0 Å². The maximum atomic E-state index is 8.42. The predicted octanol–water partition coefficient (Wildman–Crippen LogP) is -4.77. The van der Waals surface area contributed by atoms with Gasteiger partial charge in [0.25, 0.3) is 0 Å². The maximum Gasteiger partial charge on any atom is 3.00 e. The zero-order valence-electron chi connectivity index (χ0n) is 2.88. The van der Waals surface area contributed by atoms with Crippen molar-refractivity contribution >= 4 is 7.32 Å². The molecule has 0 aliphatic heterocycles. The molecule has 0 saturated heterocycles. The minimum Gasteiger partial charge on any atom is -0.907 e. The van der Waals surface area contributed by atoms with E-state index in [1.165, 1.54) is 0 Å². The van der Waals surface area contributed by atoms with E-state index in [9.17, 15) is 0 Å². The van der Waals surface area contributed by atoms with Gasteiger partial charge in [0.2, 0.25) is 0 Å². The van der Waals surface area contributed by atoms with E-state index in [0.717, 1.165) is 0 Å². The number of rotatable bonds is 0. The van der Waals surface area contributed by atoms with Crippen LogP contribution in [0.5, 0.6) is 0 Å². The average molecular weight is 166 g/mol. The Hall–Kier alpha value is 1.01. The molecule has 0 aromatic rings. The second-order valence-corrected chi connectivity index (χ2v) is 0.289. The fourth-order valence-corrected chi connectivity index (χ4v) is 0. The van der Waals surface area contributed by atoms with E-state index in [4.69, 9.17) is 15.1 Å². The molecular weight excluding hydrogens is 164 g/mol. The molecule has 6 heavy (non-hydrogen) atoms. The average Bonchev–Trinajstić information content (AvgIpc) is 0.811. The molecule has 2 N–H and O–H groups in total. The van der Waals surface area contributed by atoms with Crippen LogP contribution in [0.15, 0.2) is 0 Å². The van der Waals surface area contributed by atoms with Crippen molar-refractivity contribution in [3.05, 3.63) is 0 Å². The Kier molecular flexibility index (Phi) is 24.6. The van der Waals surface area contributed by atoms with E-state index in [1.54, 1.807) is 0 Å². The summed E-state index contributed by atoms with van der Waals surface area (Å²) in [7, 11) is -2.92. The summed E-state index contributed by atoms with van der Waals surface area (Å²) >= 11 is 0. The van der Waals surface area contributed by atoms with Gasteiger partial charge in [-0.15, -0.1) is 0 Å². The van der Waals surface area contributed by atoms with E-state index in [1.807, 2.05) is 0 Å². The molecule has 0 spiro atoms. The van der Waals surface area contributed by atoms with Crippen LogP contribution in [-0.2, 0) is 32.7 Å². The Morgan fingerprint density at radius 3 is 1.00 bits per heavy atom. The first-order chi connectivity index (χ1) is 1.73. The molecule has 0 unspecified atom stereocenters. The minimum atomic E-state index is -2.92. The minimum absolute atomic E-state index is 0. The van der Waals surface area contributed by atoms with Gasteiger partial charge in [0.15, 0.2) is 0 Å². The fourth-order valence-electron chi connectivity index (χ4n) is 0. The van der Waals surface area contributed by atoms with E-state index >= 15 is 0 Å². The van der Waals surface area contributed by atoms with Crippen molar-refractivity contribution in [2.75, 3.05) is 0 Å². The smallest absolute Gasteiger partial charge is 0.907 e. The van der Waals surface area contributed by atoms with E-state index in [-0.39, 0.29) is 38.2 Å². The Labute approximate surface area is 60.5 Å². The molecule has 0 aliphatic rings. The monoisotopic (exact) mass is 166 g/mol. The van der Waals surface area contributed by atoms with Crippen molar-refractivity contribution < 1.29 is 53.3 Å². The normalized spacial score (nSPS) is 4.50. The van der Waals surface area contributed by atoms with Crippen LogP contribution < -0.4 is 15.1 Å². The SMILES string of the molecule is O.[O-]B([O-])[O-].[Y+3]. The summed E-state index contributed by atoms with van der Waals surface area (Å²) in [5, 5.41) is 25.2. The largest absolute Gasteiger partial charge is 3.00 e. The third kappa shape index (κ3) is 79.1. The Balaban J connectivity index is -0.0000000450. The van der Waals surface area contributed by atoms with Crippen molar-refractivity contribution in [3.63, 3.8) is 0 Å².